The van der Waals surface area contributed by atoms with Gasteiger partial charge in [-0.3, -0.25) is 9.59 Å². The van der Waals surface area contributed by atoms with Crippen LogP contribution in [0, 0.1) is 0 Å². The summed E-state index contributed by atoms with van der Waals surface area (Å²) in [5.41, 5.74) is 7.08. The van der Waals surface area contributed by atoms with Crippen molar-refractivity contribution in [2.45, 2.75) is 19.8 Å². The molecule has 0 aliphatic heterocycles. The minimum Gasteiger partial charge on any atom is -0.399 e. The Morgan fingerprint density at radius 2 is 1.74 bits per heavy atom. The summed E-state index contributed by atoms with van der Waals surface area (Å²) in [6, 6.07) is 7.09. The van der Waals surface area contributed by atoms with Gasteiger partial charge < -0.3 is 16.4 Å². The maximum absolute atomic E-state index is 11.6. The highest BCUT2D eigenvalue weighted by molar-refractivity contribution is 5.86. The molecule has 0 unspecified atom stereocenters. The quantitative estimate of drug-likeness (QED) is 0.678. The topological polar surface area (TPSA) is 84.2 Å². The summed E-state index contributed by atoms with van der Waals surface area (Å²) < 4.78 is 0. The molecule has 2 amide bonds. The van der Waals surface area contributed by atoms with Gasteiger partial charge >= 0.3 is 0 Å². The summed E-state index contributed by atoms with van der Waals surface area (Å²) in [7, 11) is 0. The molecule has 0 aromatic heterocycles. The normalized spacial score (nSPS) is 9.32. The SMILES string of the molecule is CCCNC(=O)CNC(=O)Cc1ccc(N)cc1.Cl. The van der Waals surface area contributed by atoms with Gasteiger partial charge in [0.1, 0.15) is 0 Å². The summed E-state index contributed by atoms with van der Waals surface area (Å²) in [6.07, 6.45) is 1.13. The van der Waals surface area contributed by atoms with Gasteiger partial charge in [-0.15, -0.1) is 12.4 Å². The van der Waals surface area contributed by atoms with E-state index in [0.717, 1.165) is 12.0 Å². The molecule has 0 fully saturated rings. The molecule has 1 aromatic rings. The summed E-state index contributed by atoms with van der Waals surface area (Å²) in [5, 5.41) is 5.26. The Morgan fingerprint density at radius 3 is 2.32 bits per heavy atom. The molecule has 1 aromatic carbocycles. The average Bonchev–Trinajstić information content (AvgIpc) is 2.36. The molecule has 0 saturated heterocycles. The zero-order chi connectivity index (χ0) is 13.4. The van der Waals surface area contributed by atoms with Crippen LogP contribution in [-0.2, 0) is 16.0 Å². The van der Waals surface area contributed by atoms with Crippen LogP contribution in [0.25, 0.3) is 0 Å². The van der Waals surface area contributed by atoms with Gasteiger partial charge in [0.2, 0.25) is 11.8 Å². The van der Waals surface area contributed by atoms with Gasteiger partial charge in [-0.05, 0) is 24.1 Å². The van der Waals surface area contributed by atoms with Gasteiger partial charge in [0.15, 0.2) is 0 Å². The number of benzene rings is 1. The van der Waals surface area contributed by atoms with E-state index in [1.807, 2.05) is 6.92 Å². The number of carbonyl (C=O) groups excluding carboxylic acids is 2. The first-order valence-corrected chi connectivity index (χ1v) is 5.99. The highest BCUT2D eigenvalue weighted by Gasteiger charge is 2.05. The first-order valence-electron chi connectivity index (χ1n) is 5.99. The third-order valence-corrected chi connectivity index (χ3v) is 2.36. The molecule has 106 valence electrons. The summed E-state index contributed by atoms with van der Waals surface area (Å²) in [5.74, 6) is -0.339. The highest BCUT2D eigenvalue weighted by atomic mass is 35.5. The molecule has 6 heteroatoms. The molecule has 4 N–H and O–H groups in total. The van der Waals surface area contributed by atoms with Crippen molar-refractivity contribution in [1.29, 1.82) is 0 Å². The summed E-state index contributed by atoms with van der Waals surface area (Å²) in [6.45, 7) is 2.63. The third kappa shape index (κ3) is 7.31. The van der Waals surface area contributed by atoms with E-state index in [4.69, 9.17) is 5.73 Å². The predicted octanol–water partition coefficient (Wildman–Crippen LogP) is 0.875. The van der Waals surface area contributed by atoms with E-state index in [2.05, 4.69) is 10.6 Å². The minimum atomic E-state index is -0.175. The fourth-order valence-electron chi connectivity index (χ4n) is 1.39. The van der Waals surface area contributed by atoms with Crippen LogP contribution < -0.4 is 16.4 Å². The number of nitrogens with two attached hydrogens (primary N) is 1. The second-order valence-corrected chi connectivity index (χ2v) is 4.05. The fraction of sp³-hybridized carbons (Fsp3) is 0.385. The second-order valence-electron chi connectivity index (χ2n) is 4.05. The second kappa shape index (κ2) is 9.22. The predicted molar refractivity (Wildman–Crippen MR) is 78.1 cm³/mol. The lowest BCUT2D eigenvalue weighted by Crippen LogP contribution is -2.37. The van der Waals surface area contributed by atoms with Crippen molar-refractivity contribution in [3.8, 4) is 0 Å². The largest absolute Gasteiger partial charge is 0.399 e. The van der Waals surface area contributed by atoms with E-state index in [-0.39, 0.29) is 37.2 Å². The van der Waals surface area contributed by atoms with E-state index in [0.29, 0.717) is 12.2 Å². The Hall–Kier alpha value is -1.75. The zero-order valence-electron chi connectivity index (χ0n) is 10.9. The minimum absolute atomic E-state index is 0. The van der Waals surface area contributed by atoms with Gasteiger partial charge in [-0.1, -0.05) is 19.1 Å². The molecule has 0 saturated carbocycles. The van der Waals surface area contributed by atoms with Crippen molar-refractivity contribution in [3.63, 3.8) is 0 Å². The maximum Gasteiger partial charge on any atom is 0.239 e. The van der Waals surface area contributed by atoms with Gasteiger partial charge in [-0.25, -0.2) is 0 Å². The molecule has 0 spiro atoms. The number of halogens is 1. The number of hydrogen-bond acceptors (Lipinski definition) is 3. The Morgan fingerprint density at radius 1 is 1.11 bits per heavy atom. The number of nitrogens with one attached hydrogen (secondary N) is 2. The summed E-state index contributed by atoms with van der Waals surface area (Å²) >= 11 is 0. The first kappa shape index (κ1) is 17.2. The van der Waals surface area contributed by atoms with Crippen LogP contribution in [0.1, 0.15) is 18.9 Å². The van der Waals surface area contributed by atoms with E-state index in [1.165, 1.54) is 0 Å². The fourth-order valence-corrected chi connectivity index (χ4v) is 1.39. The van der Waals surface area contributed by atoms with Crippen molar-refractivity contribution < 1.29 is 9.59 Å². The molecule has 0 radical (unpaired) electrons. The van der Waals surface area contributed by atoms with Crippen LogP contribution >= 0.6 is 12.4 Å². The number of rotatable bonds is 6. The molecule has 0 bridgehead atoms. The van der Waals surface area contributed by atoms with E-state index in [9.17, 15) is 9.59 Å². The average molecular weight is 286 g/mol. The molecule has 0 aliphatic carbocycles. The Labute approximate surface area is 119 Å². The molecule has 0 aliphatic rings. The maximum atomic E-state index is 11.6. The smallest absolute Gasteiger partial charge is 0.239 e. The molecule has 5 nitrogen and oxygen atoms in total. The van der Waals surface area contributed by atoms with Crippen molar-refractivity contribution in [1.82, 2.24) is 10.6 Å². The third-order valence-electron chi connectivity index (χ3n) is 2.36. The van der Waals surface area contributed by atoms with E-state index < -0.39 is 0 Å². The van der Waals surface area contributed by atoms with Gasteiger partial charge in [0.05, 0.1) is 13.0 Å². The van der Waals surface area contributed by atoms with Crippen LogP contribution in [0.3, 0.4) is 0 Å². The lowest BCUT2D eigenvalue weighted by atomic mass is 10.1. The summed E-state index contributed by atoms with van der Waals surface area (Å²) in [4.78, 5) is 22.8. The Kier molecular flexibility index (Phi) is 8.37. The van der Waals surface area contributed by atoms with Crippen LogP contribution in [-0.4, -0.2) is 24.9 Å². The molecular formula is C13H20ClN3O2. The standard InChI is InChI=1S/C13H19N3O2.ClH/c1-2-7-15-13(18)9-16-12(17)8-10-3-5-11(14)6-4-10;/h3-6H,2,7-9,14H2,1H3,(H,15,18)(H,16,17);1H. The Bertz CT molecular complexity index is 407. The van der Waals surface area contributed by atoms with Crippen molar-refractivity contribution in [3.05, 3.63) is 29.8 Å². The number of nitrogen functional groups attached to an aromatic ring is 1. The molecule has 0 heterocycles. The molecule has 19 heavy (non-hydrogen) atoms. The van der Waals surface area contributed by atoms with Gasteiger partial charge in [-0.2, -0.15) is 0 Å². The number of hydrogen-bond donors (Lipinski definition) is 3. The van der Waals surface area contributed by atoms with E-state index >= 15 is 0 Å². The lowest BCUT2D eigenvalue weighted by Gasteiger charge is -2.06. The number of anilines is 1. The van der Waals surface area contributed by atoms with Crippen molar-refractivity contribution in [2.24, 2.45) is 0 Å². The number of carbonyl (C=O) groups is 2. The van der Waals surface area contributed by atoms with Crippen LogP contribution in [0.4, 0.5) is 5.69 Å². The van der Waals surface area contributed by atoms with E-state index in [1.54, 1.807) is 24.3 Å². The zero-order valence-corrected chi connectivity index (χ0v) is 11.8. The molecule has 0 atom stereocenters. The van der Waals surface area contributed by atoms with Crippen molar-refractivity contribution >= 4 is 29.9 Å². The molecular weight excluding hydrogens is 266 g/mol. The Balaban J connectivity index is 0.00000324. The monoisotopic (exact) mass is 285 g/mol. The first-order chi connectivity index (χ1) is 8.61. The van der Waals surface area contributed by atoms with Crippen LogP contribution in [0.2, 0.25) is 0 Å². The van der Waals surface area contributed by atoms with Gasteiger partial charge in [0.25, 0.3) is 0 Å². The highest BCUT2D eigenvalue weighted by Crippen LogP contribution is 2.05. The number of amides is 2. The van der Waals surface area contributed by atoms with Gasteiger partial charge in [0, 0.05) is 12.2 Å². The lowest BCUT2D eigenvalue weighted by molar-refractivity contribution is -0.125. The van der Waals surface area contributed by atoms with Crippen molar-refractivity contribution in [2.75, 3.05) is 18.8 Å². The van der Waals surface area contributed by atoms with Crippen LogP contribution in [0.15, 0.2) is 24.3 Å². The molecule has 1 rings (SSSR count). The van der Waals surface area contributed by atoms with Crippen LogP contribution in [0.5, 0.6) is 0 Å².